The summed E-state index contributed by atoms with van der Waals surface area (Å²) in [5.74, 6) is -0.0888. The summed E-state index contributed by atoms with van der Waals surface area (Å²) in [6.45, 7) is 4.07. The molecule has 0 aromatic heterocycles. The number of nitrogens with one attached hydrogen (secondary N) is 1. The molecule has 0 aliphatic heterocycles. The Balaban J connectivity index is 2.71. The van der Waals surface area contributed by atoms with Gasteiger partial charge in [0.2, 0.25) is 0 Å². The summed E-state index contributed by atoms with van der Waals surface area (Å²) in [7, 11) is 1.59. The van der Waals surface area contributed by atoms with Gasteiger partial charge in [0.15, 0.2) is 0 Å². The van der Waals surface area contributed by atoms with Crippen LogP contribution in [0.15, 0.2) is 24.3 Å². The third-order valence-corrected chi connectivity index (χ3v) is 2.74. The average Bonchev–Trinajstić information content (AvgIpc) is 2.44. The first-order valence-electron chi connectivity index (χ1n) is 6.46. The number of methoxy groups -OCH3 is 1. The van der Waals surface area contributed by atoms with Crippen molar-refractivity contribution in [1.29, 1.82) is 0 Å². The SMILES string of the molecule is CCNc1ccc(C(=O)N(CCO)CCOC)cc1. The van der Waals surface area contributed by atoms with E-state index in [1.165, 1.54) is 0 Å². The molecule has 0 aliphatic rings. The Morgan fingerprint density at radius 1 is 1.32 bits per heavy atom. The van der Waals surface area contributed by atoms with Crippen molar-refractivity contribution in [2.24, 2.45) is 0 Å². The normalized spacial score (nSPS) is 10.3. The number of hydrogen-bond acceptors (Lipinski definition) is 4. The molecule has 0 heterocycles. The van der Waals surface area contributed by atoms with Crippen LogP contribution in [-0.2, 0) is 4.74 Å². The van der Waals surface area contributed by atoms with Crippen LogP contribution in [0.25, 0.3) is 0 Å². The van der Waals surface area contributed by atoms with E-state index in [2.05, 4.69) is 5.32 Å². The molecular formula is C14H22N2O3. The molecule has 0 aliphatic carbocycles. The summed E-state index contributed by atoms with van der Waals surface area (Å²) in [5, 5.41) is 12.2. The molecule has 19 heavy (non-hydrogen) atoms. The Kier molecular flexibility index (Phi) is 6.92. The molecule has 0 fully saturated rings. The van der Waals surface area contributed by atoms with Gasteiger partial charge in [0.25, 0.3) is 5.91 Å². The number of benzene rings is 1. The molecule has 0 saturated carbocycles. The van der Waals surface area contributed by atoms with Crippen molar-refractivity contribution in [3.8, 4) is 0 Å². The molecule has 5 heteroatoms. The zero-order chi connectivity index (χ0) is 14.1. The van der Waals surface area contributed by atoms with Crippen LogP contribution in [0.5, 0.6) is 0 Å². The molecule has 0 bridgehead atoms. The third kappa shape index (κ3) is 4.89. The van der Waals surface area contributed by atoms with Gasteiger partial charge in [-0.25, -0.2) is 0 Å². The van der Waals surface area contributed by atoms with Crippen LogP contribution in [0.4, 0.5) is 5.69 Å². The first-order chi connectivity index (χ1) is 9.22. The fraction of sp³-hybridized carbons (Fsp3) is 0.500. The Bertz CT molecular complexity index is 379. The molecule has 2 N–H and O–H groups in total. The molecule has 0 saturated heterocycles. The van der Waals surface area contributed by atoms with E-state index in [9.17, 15) is 4.79 Å². The van der Waals surface area contributed by atoms with Gasteiger partial charge in [0.1, 0.15) is 0 Å². The monoisotopic (exact) mass is 266 g/mol. The van der Waals surface area contributed by atoms with Crippen LogP contribution in [0.3, 0.4) is 0 Å². The maximum absolute atomic E-state index is 12.2. The van der Waals surface area contributed by atoms with Crippen molar-refractivity contribution in [2.45, 2.75) is 6.92 Å². The average molecular weight is 266 g/mol. The summed E-state index contributed by atoms with van der Waals surface area (Å²) in [5.41, 5.74) is 1.61. The molecule has 0 atom stereocenters. The summed E-state index contributed by atoms with van der Waals surface area (Å²) < 4.78 is 4.97. The van der Waals surface area contributed by atoms with Crippen molar-refractivity contribution in [3.05, 3.63) is 29.8 Å². The number of carbonyl (C=O) groups is 1. The quantitative estimate of drug-likeness (QED) is 0.742. The topological polar surface area (TPSA) is 61.8 Å². The van der Waals surface area contributed by atoms with Gasteiger partial charge in [0.05, 0.1) is 13.2 Å². The van der Waals surface area contributed by atoms with E-state index in [4.69, 9.17) is 9.84 Å². The van der Waals surface area contributed by atoms with E-state index >= 15 is 0 Å². The highest BCUT2D eigenvalue weighted by atomic mass is 16.5. The lowest BCUT2D eigenvalue weighted by atomic mass is 10.1. The molecule has 1 amide bonds. The Morgan fingerprint density at radius 2 is 2.00 bits per heavy atom. The van der Waals surface area contributed by atoms with E-state index in [-0.39, 0.29) is 12.5 Å². The second kappa shape index (κ2) is 8.50. The maximum atomic E-state index is 12.2. The predicted molar refractivity (Wildman–Crippen MR) is 75.5 cm³/mol. The second-order valence-corrected chi connectivity index (χ2v) is 4.12. The van der Waals surface area contributed by atoms with Gasteiger partial charge in [-0.1, -0.05) is 0 Å². The van der Waals surface area contributed by atoms with Crippen LogP contribution < -0.4 is 5.32 Å². The summed E-state index contributed by atoms with van der Waals surface area (Å²) in [6.07, 6.45) is 0. The van der Waals surface area contributed by atoms with Crippen LogP contribution in [-0.4, -0.2) is 55.9 Å². The number of amides is 1. The third-order valence-electron chi connectivity index (χ3n) is 2.74. The molecule has 0 spiro atoms. The molecular weight excluding hydrogens is 244 g/mol. The molecule has 1 aromatic carbocycles. The van der Waals surface area contributed by atoms with Gasteiger partial charge < -0.3 is 20.1 Å². The number of rotatable bonds is 8. The minimum absolute atomic E-state index is 0.0507. The maximum Gasteiger partial charge on any atom is 0.254 e. The second-order valence-electron chi connectivity index (χ2n) is 4.12. The molecule has 5 nitrogen and oxygen atoms in total. The largest absolute Gasteiger partial charge is 0.395 e. The summed E-state index contributed by atoms with van der Waals surface area (Å²) in [4.78, 5) is 13.8. The number of aliphatic hydroxyl groups is 1. The molecule has 106 valence electrons. The van der Waals surface area contributed by atoms with Gasteiger partial charge >= 0.3 is 0 Å². The van der Waals surface area contributed by atoms with Gasteiger partial charge in [-0.05, 0) is 31.2 Å². The Labute approximate surface area is 114 Å². The van der Waals surface area contributed by atoms with E-state index in [0.717, 1.165) is 12.2 Å². The fourth-order valence-corrected chi connectivity index (χ4v) is 1.75. The van der Waals surface area contributed by atoms with Gasteiger partial charge in [0, 0.05) is 38.0 Å². The molecule has 0 unspecified atom stereocenters. The first-order valence-corrected chi connectivity index (χ1v) is 6.46. The number of aliphatic hydroxyl groups excluding tert-OH is 1. The molecule has 1 aromatic rings. The smallest absolute Gasteiger partial charge is 0.254 e. The van der Waals surface area contributed by atoms with Crippen molar-refractivity contribution in [3.63, 3.8) is 0 Å². The zero-order valence-corrected chi connectivity index (χ0v) is 11.6. The zero-order valence-electron chi connectivity index (χ0n) is 11.6. The van der Waals surface area contributed by atoms with E-state index in [1.54, 1.807) is 24.1 Å². The van der Waals surface area contributed by atoms with Gasteiger partial charge in [-0.2, -0.15) is 0 Å². The highest BCUT2D eigenvalue weighted by Gasteiger charge is 2.14. The summed E-state index contributed by atoms with van der Waals surface area (Å²) >= 11 is 0. The van der Waals surface area contributed by atoms with Crippen LogP contribution >= 0.6 is 0 Å². The summed E-state index contributed by atoms with van der Waals surface area (Å²) in [6, 6.07) is 7.34. The number of anilines is 1. The fourth-order valence-electron chi connectivity index (χ4n) is 1.75. The number of carbonyl (C=O) groups excluding carboxylic acids is 1. The van der Waals surface area contributed by atoms with Gasteiger partial charge in [-0.3, -0.25) is 4.79 Å². The number of nitrogens with zero attached hydrogens (tertiary/aromatic N) is 1. The van der Waals surface area contributed by atoms with E-state index < -0.39 is 0 Å². The molecule has 0 radical (unpaired) electrons. The van der Waals surface area contributed by atoms with Crippen LogP contribution in [0.1, 0.15) is 17.3 Å². The minimum atomic E-state index is -0.0888. The highest BCUT2D eigenvalue weighted by molar-refractivity contribution is 5.94. The lowest BCUT2D eigenvalue weighted by Gasteiger charge is -2.21. The number of ether oxygens (including phenoxy) is 1. The van der Waals surface area contributed by atoms with Crippen molar-refractivity contribution >= 4 is 11.6 Å². The molecule has 1 rings (SSSR count). The lowest BCUT2D eigenvalue weighted by Crippen LogP contribution is -2.36. The van der Waals surface area contributed by atoms with Gasteiger partial charge in [-0.15, -0.1) is 0 Å². The Morgan fingerprint density at radius 3 is 2.53 bits per heavy atom. The Hall–Kier alpha value is -1.59. The standard InChI is InChI=1S/C14H22N2O3/c1-3-15-13-6-4-12(5-7-13)14(18)16(8-10-17)9-11-19-2/h4-7,15,17H,3,8-11H2,1-2H3. The van der Waals surface area contributed by atoms with E-state index in [1.807, 2.05) is 19.1 Å². The van der Waals surface area contributed by atoms with E-state index in [0.29, 0.717) is 25.3 Å². The van der Waals surface area contributed by atoms with Crippen LogP contribution in [0, 0.1) is 0 Å². The van der Waals surface area contributed by atoms with Crippen LogP contribution in [0.2, 0.25) is 0 Å². The lowest BCUT2D eigenvalue weighted by molar-refractivity contribution is 0.0656. The van der Waals surface area contributed by atoms with Crippen molar-refractivity contribution in [2.75, 3.05) is 45.3 Å². The van der Waals surface area contributed by atoms with Crippen molar-refractivity contribution < 1.29 is 14.6 Å². The van der Waals surface area contributed by atoms with Crippen molar-refractivity contribution in [1.82, 2.24) is 4.90 Å². The number of hydrogen-bond donors (Lipinski definition) is 2. The minimum Gasteiger partial charge on any atom is -0.395 e. The first kappa shape index (κ1) is 15.5. The predicted octanol–water partition coefficient (Wildman–Crippen LogP) is 1.20. The highest BCUT2D eigenvalue weighted by Crippen LogP contribution is 2.11.